The van der Waals surface area contributed by atoms with E-state index >= 15 is 0 Å². The Morgan fingerprint density at radius 1 is 1.00 bits per heavy atom. The number of carbonyl (C=O) groups is 1. The second-order valence-corrected chi connectivity index (χ2v) is 4.62. The van der Waals surface area contributed by atoms with Crippen LogP contribution in [0.4, 0.5) is 18.9 Å². The summed E-state index contributed by atoms with van der Waals surface area (Å²) in [6.07, 6.45) is 0. The highest BCUT2D eigenvalue weighted by molar-refractivity contribution is 9.10. The molecule has 0 saturated heterocycles. The van der Waals surface area contributed by atoms with Crippen molar-refractivity contribution >= 4 is 27.5 Å². The van der Waals surface area contributed by atoms with Crippen LogP contribution in [0.2, 0.25) is 0 Å². The van der Waals surface area contributed by atoms with Gasteiger partial charge >= 0.3 is 0 Å². The second-order valence-electron chi connectivity index (χ2n) is 3.70. The predicted molar refractivity (Wildman–Crippen MR) is 68.4 cm³/mol. The molecular formula is C13H7BrF3NO. The first kappa shape index (κ1) is 13.6. The van der Waals surface area contributed by atoms with Crippen LogP contribution in [-0.4, -0.2) is 5.91 Å². The number of hydrogen-bond donors (Lipinski definition) is 1. The zero-order valence-corrected chi connectivity index (χ0v) is 11.0. The average Bonchev–Trinajstić information content (AvgIpc) is 2.36. The lowest BCUT2D eigenvalue weighted by atomic mass is 10.2. The van der Waals surface area contributed by atoms with E-state index in [0.717, 1.165) is 24.3 Å². The third-order valence-electron chi connectivity index (χ3n) is 2.35. The molecule has 0 aliphatic heterocycles. The molecule has 98 valence electrons. The summed E-state index contributed by atoms with van der Waals surface area (Å²) >= 11 is 3.10. The molecule has 0 aliphatic rings. The minimum absolute atomic E-state index is 0.266. The first-order chi connectivity index (χ1) is 8.97. The van der Waals surface area contributed by atoms with Crippen molar-refractivity contribution in [2.75, 3.05) is 5.32 Å². The summed E-state index contributed by atoms with van der Waals surface area (Å²) in [6.45, 7) is 0. The van der Waals surface area contributed by atoms with Gasteiger partial charge in [0.25, 0.3) is 5.91 Å². The van der Waals surface area contributed by atoms with Gasteiger partial charge < -0.3 is 5.32 Å². The molecule has 0 radical (unpaired) electrons. The lowest BCUT2D eigenvalue weighted by molar-refractivity contribution is 0.102. The van der Waals surface area contributed by atoms with Gasteiger partial charge in [-0.3, -0.25) is 4.79 Å². The fraction of sp³-hybridized carbons (Fsp3) is 0. The lowest BCUT2D eigenvalue weighted by Gasteiger charge is -2.07. The zero-order chi connectivity index (χ0) is 14.0. The molecule has 0 fully saturated rings. The predicted octanol–water partition coefficient (Wildman–Crippen LogP) is 4.12. The van der Waals surface area contributed by atoms with Gasteiger partial charge in [0.1, 0.15) is 17.5 Å². The van der Waals surface area contributed by atoms with Crippen molar-refractivity contribution in [3.63, 3.8) is 0 Å². The topological polar surface area (TPSA) is 29.1 Å². The summed E-state index contributed by atoms with van der Waals surface area (Å²) in [7, 11) is 0. The molecule has 2 nitrogen and oxygen atoms in total. The molecule has 0 aliphatic carbocycles. The number of rotatable bonds is 2. The summed E-state index contributed by atoms with van der Waals surface area (Å²) in [5.74, 6) is -3.11. The minimum atomic E-state index is -0.858. The molecule has 1 amide bonds. The van der Waals surface area contributed by atoms with Crippen molar-refractivity contribution in [3.8, 4) is 0 Å². The van der Waals surface area contributed by atoms with Crippen molar-refractivity contribution in [2.24, 2.45) is 0 Å². The number of anilines is 1. The van der Waals surface area contributed by atoms with E-state index in [9.17, 15) is 18.0 Å². The first-order valence-electron chi connectivity index (χ1n) is 5.19. The van der Waals surface area contributed by atoms with Crippen LogP contribution in [0.1, 0.15) is 10.4 Å². The van der Waals surface area contributed by atoms with Crippen LogP contribution in [0.3, 0.4) is 0 Å². The van der Waals surface area contributed by atoms with Crippen molar-refractivity contribution in [3.05, 3.63) is 63.9 Å². The van der Waals surface area contributed by atoms with Crippen molar-refractivity contribution in [2.45, 2.75) is 0 Å². The van der Waals surface area contributed by atoms with E-state index < -0.39 is 23.4 Å². The summed E-state index contributed by atoms with van der Waals surface area (Å²) < 4.78 is 40.2. The van der Waals surface area contributed by atoms with Gasteiger partial charge in [0.15, 0.2) is 0 Å². The Hall–Kier alpha value is -1.82. The van der Waals surface area contributed by atoms with Gasteiger partial charge in [0.05, 0.1) is 11.3 Å². The molecule has 2 aromatic carbocycles. The zero-order valence-electron chi connectivity index (χ0n) is 9.38. The van der Waals surface area contributed by atoms with Crippen LogP contribution in [0.15, 0.2) is 40.9 Å². The van der Waals surface area contributed by atoms with Crippen molar-refractivity contribution in [1.29, 1.82) is 0 Å². The van der Waals surface area contributed by atoms with E-state index in [-0.39, 0.29) is 11.3 Å². The number of amides is 1. The Balaban J connectivity index is 2.30. The van der Waals surface area contributed by atoms with Gasteiger partial charge in [-0.15, -0.1) is 0 Å². The molecule has 0 aromatic heterocycles. The SMILES string of the molecule is O=C(Nc1cc(F)ccc1F)c1cc(Br)ccc1F. The van der Waals surface area contributed by atoms with Gasteiger partial charge in [0.2, 0.25) is 0 Å². The Morgan fingerprint density at radius 2 is 1.68 bits per heavy atom. The largest absolute Gasteiger partial charge is 0.319 e. The summed E-state index contributed by atoms with van der Waals surface area (Å²) in [5, 5.41) is 2.12. The van der Waals surface area contributed by atoms with Crippen LogP contribution in [-0.2, 0) is 0 Å². The third-order valence-corrected chi connectivity index (χ3v) is 2.84. The number of halogens is 4. The molecule has 0 unspecified atom stereocenters. The van der Waals surface area contributed by atoms with Gasteiger partial charge in [-0.25, -0.2) is 13.2 Å². The summed E-state index contributed by atoms with van der Waals surface area (Å²) in [4.78, 5) is 11.8. The fourth-order valence-electron chi connectivity index (χ4n) is 1.45. The van der Waals surface area contributed by atoms with E-state index in [4.69, 9.17) is 0 Å². The van der Waals surface area contributed by atoms with E-state index in [0.29, 0.717) is 4.47 Å². The third kappa shape index (κ3) is 3.14. The van der Waals surface area contributed by atoms with Gasteiger partial charge in [0, 0.05) is 10.5 Å². The Bertz CT molecular complexity index is 646. The highest BCUT2D eigenvalue weighted by atomic mass is 79.9. The van der Waals surface area contributed by atoms with Gasteiger partial charge in [-0.1, -0.05) is 15.9 Å². The number of carbonyl (C=O) groups excluding carboxylic acids is 1. The molecule has 1 N–H and O–H groups in total. The smallest absolute Gasteiger partial charge is 0.258 e. The maximum absolute atomic E-state index is 13.5. The van der Waals surface area contributed by atoms with Gasteiger partial charge in [-0.05, 0) is 30.3 Å². The van der Waals surface area contributed by atoms with Crippen LogP contribution in [0.25, 0.3) is 0 Å². The molecule has 0 spiro atoms. The molecule has 0 atom stereocenters. The van der Waals surface area contributed by atoms with E-state index in [1.165, 1.54) is 12.1 Å². The summed E-state index contributed by atoms with van der Waals surface area (Å²) in [5.41, 5.74) is -0.609. The van der Waals surface area contributed by atoms with Crippen molar-refractivity contribution < 1.29 is 18.0 Å². The van der Waals surface area contributed by atoms with Crippen molar-refractivity contribution in [1.82, 2.24) is 0 Å². The molecule has 0 saturated carbocycles. The van der Waals surface area contributed by atoms with E-state index in [2.05, 4.69) is 21.2 Å². The van der Waals surface area contributed by atoms with Crippen LogP contribution < -0.4 is 5.32 Å². The molecule has 6 heteroatoms. The normalized spacial score (nSPS) is 10.3. The maximum atomic E-state index is 13.5. The fourth-order valence-corrected chi connectivity index (χ4v) is 1.82. The Kier molecular flexibility index (Phi) is 3.90. The quantitative estimate of drug-likeness (QED) is 0.882. The minimum Gasteiger partial charge on any atom is -0.319 e. The maximum Gasteiger partial charge on any atom is 0.258 e. The highest BCUT2D eigenvalue weighted by Crippen LogP contribution is 2.19. The first-order valence-corrected chi connectivity index (χ1v) is 5.98. The second kappa shape index (κ2) is 5.44. The van der Waals surface area contributed by atoms with Crippen LogP contribution >= 0.6 is 15.9 Å². The molecule has 0 bridgehead atoms. The van der Waals surface area contributed by atoms with E-state index in [1.807, 2.05) is 0 Å². The Morgan fingerprint density at radius 3 is 2.42 bits per heavy atom. The molecule has 2 aromatic rings. The molecule has 0 heterocycles. The monoisotopic (exact) mass is 329 g/mol. The Labute approximate surface area is 115 Å². The standard InChI is InChI=1S/C13H7BrF3NO/c14-7-1-3-10(16)9(5-7)13(19)18-12-6-8(15)2-4-11(12)17/h1-6H,(H,18,19). The number of nitrogens with one attached hydrogen (secondary N) is 1. The molecule has 19 heavy (non-hydrogen) atoms. The average molecular weight is 330 g/mol. The number of hydrogen-bond acceptors (Lipinski definition) is 1. The summed E-state index contributed by atoms with van der Waals surface area (Å²) in [6, 6.07) is 6.40. The number of benzene rings is 2. The van der Waals surface area contributed by atoms with Gasteiger partial charge in [-0.2, -0.15) is 0 Å². The van der Waals surface area contributed by atoms with Crippen LogP contribution in [0.5, 0.6) is 0 Å². The lowest BCUT2D eigenvalue weighted by Crippen LogP contribution is -2.15. The molecular weight excluding hydrogens is 323 g/mol. The molecule has 2 rings (SSSR count). The van der Waals surface area contributed by atoms with Crippen LogP contribution in [0, 0.1) is 17.5 Å². The highest BCUT2D eigenvalue weighted by Gasteiger charge is 2.14. The van der Waals surface area contributed by atoms with E-state index in [1.54, 1.807) is 0 Å².